The number of nitrogens with zero attached hydrogens (tertiary/aromatic N) is 3. The lowest BCUT2D eigenvalue weighted by Gasteiger charge is -2.30. The molecule has 0 amide bonds. The summed E-state index contributed by atoms with van der Waals surface area (Å²) in [7, 11) is 3.28. The molecule has 0 spiro atoms. The number of benzene rings is 1. The van der Waals surface area contributed by atoms with E-state index in [2.05, 4.69) is 22.7 Å². The Morgan fingerprint density at radius 1 is 1.10 bits per heavy atom. The van der Waals surface area contributed by atoms with Gasteiger partial charge in [0.1, 0.15) is 5.66 Å². The van der Waals surface area contributed by atoms with E-state index >= 15 is 0 Å². The second kappa shape index (κ2) is 7.93. The number of hydrazine groups is 1. The van der Waals surface area contributed by atoms with Gasteiger partial charge in [0.05, 0.1) is 19.9 Å². The van der Waals surface area contributed by atoms with E-state index in [-0.39, 0.29) is 0 Å². The number of aryl methyl sites for hydroxylation is 1. The molecule has 1 unspecified atom stereocenters. The first-order chi connectivity index (χ1) is 14.4. The van der Waals surface area contributed by atoms with Crippen molar-refractivity contribution in [3.05, 3.63) is 71.4 Å². The van der Waals surface area contributed by atoms with Crippen molar-refractivity contribution in [2.75, 3.05) is 14.2 Å². The average molecular weight is 406 g/mol. The van der Waals surface area contributed by atoms with Gasteiger partial charge in [-0.2, -0.15) is 0 Å². The quantitative estimate of drug-likeness (QED) is 0.768. The van der Waals surface area contributed by atoms with Crippen LogP contribution in [0.5, 0.6) is 11.5 Å². The number of methoxy groups -OCH3 is 2. The molecule has 2 N–H and O–H groups in total. The molecule has 1 atom stereocenters. The van der Waals surface area contributed by atoms with Crippen LogP contribution in [0.15, 0.2) is 59.5 Å². The third-order valence-electron chi connectivity index (χ3n) is 5.28. The molecule has 1 aromatic carbocycles. The van der Waals surface area contributed by atoms with Crippen LogP contribution in [0.1, 0.15) is 30.8 Å². The second-order valence-corrected chi connectivity index (χ2v) is 7.57. The predicted octanol–water partition coefficient (Wildman–Crippen LogP) is 3.39. The Labute approximate surface area is 177 Å². The summed E-state index contributed by atoms with van der Waals surface area (Å²) in [4.78, 5) is 9.43. The molecule has 156 valence electrons. The van der Waals surface area contributed by atoms with Gasteiger partial charge in [0.15, 0.2) is 17.3 Å². The maximum Gasteiger partial charge on any atom is 0.161 e. The van der Waals surface area contributed by atoms with Gasteiger partial charge in [-0.05, 0) is 56.7 Å². The van der Waals surface area contributed by atoms with Crippen molar-refractivity contribution in [3.8, 4) is 11.5 Å². The van der Waals surface area contributed by atoms with Gasteiger partial charge in [-0.1, -0.05) is 12.1 Å². The molecule has 2 aromatic rings. The molecule has 0 aliphatic carbocycles. The Bertz CT molecular complexity index is 1060. The normalized spacial score (nSPS) is 20.3. The van der Waals surface area contributed by atoms with Crippen LogP contribution in [0.25, 0.3) is 5.57 Å². The van der Waals surface area contributed by atoms with Crippen LogP contribution < -0.4 is 20.2 Å². The second-order valence-electron chi connectivity index (χ2n) is 7.57. The number of pyridine rings is 1. The largest absolute Gasteiger partial charge is 0.493 e. The van der Waals surface area contributed by atoms with Crippen molar-refractivity contribution in [1.29, 1.82) is 0 Å². The van der Waals surface area contributed by atoms with Crippen LogP contribution in [0.2, 0.25) is 0 Å². The number of allylic oxidation sites excluding steroid dienone is 1. The molecule has 30 heavy (non-hydrogen) atoms. The summed E-state index contributed by atoms with van der Waals surface area (Å²) in [6, 6.07) is 12.0. The van der Waals surface area contributed by atoms with Crippen molar-refractivity contribution in [2.45, 2.75) is 33.0 Å². The summed E-state index contributed by atoms with van der Waals surface area (Å²) < 4.78 is 11.0. The van der Waals surface area contributed by atoms with Crippen LogP contribution in [0, 0.1) is 6.92 Å². The Hall–Kier alpha value is -3.16. The van der Waals surface area contributed by atoms with Gasteiger partial charge < -0.3 is 9.47 Å². The van der Waals surface area contributed by atoms with E-state index in [1.54, 1.807) is 14.2 Å². The Morgan fingerprint density at radius 2 is 1.90 bits per heavy atom. The topological polar surface area (TPSA) is 71.0 Å². The Balaban J connectivity index is 1.76. The fourth-order valence-corrected chi connectivity index (χ4v) is 3.80. The molecular formula is C23H27N5O2. The zero-order chi connectivity index (χ0) is 21.3. The molecular weight excluding hydrogens is 378 g/mol. The highest BCUT2D eigenvalue weighted by atomic mass is 16.5. The first kappa shape index (κ1) is 20.1. The predicted molar refractivity (Wildman–Crippen MR) is 118 cm³/mol. The lowest BCUT2D eigenvalue weighted by atomic mass is 9.94. The lowest BCUT2D eigenvalue weighted by molar-refractivity contribution is 0.243. The Kier molecular flexibility index (Phi) is 5.32. The zero-order valence-electron chi connectivity index (χ0n) is 18.0. The van der Waals surface area contributed by atoms with Gasteiger partial charge in [0.2, 0.25) is 0 Å². The summed E-state index contributed by atoms with van der Waals surface area (Å²) in [6.07, 6.45) is 3.98. The minimum Gasteiger partial charge on any atom is -0.493 e. The van der Waals surface area contributed by atoms with Crippen LogP contribution >= 0.6 is 0 Å². The number of rotatable bonds is 6. The molecule has 2 aliphatic rings. The van der Waals surface area contributed by atoms with Crippen LogP contribution in [-0.4, -0.2) is 35.6 Å². The van der Waals surface area contributed by atoms with Crippen molar-refractivity contribution in [2.24, 2.45) is 4.99 Å². The number of hydrogen-bond acceptors (Lipinski definition) is 7. The van der Waals surface area contributed by atoms with Crippen molar-refractivity contribution in [1.82, 2.24) is 20.7 Å². The minimum atomic E-state index is -0.571. The van der Waals surface area contributed by atoms with Gasteiger partial charge in [0, 0.05) is 29.7 Å². The molecule has 0 fully saturated rings. The molecule has 7 heteroatoms. The number of nitrogens with one attached hydrogen (secondary N) is 2. The van der Waals surface area contributed by atoms with Gasteiger partial charge >= 0.3 is 0 Å². The first-order valence-electron chi connectivity index (χ1n) is 9.89. The van der Waals surface area contributed by atoms with E-state index in [1.807, 2.05) is 67.5 Å². The first-order valence-corrected chi connectivity index (χ1v) is 9.89. The van der Waals surface area contributed by atoms with E-state index in [9.17, 15) is 0 Å². The van der Waals surface area contributed by atoms with Gasteiger partial charge in [-0.25, -0.2) is 10.4 Å². The third-order valence-corrected chi connectivity index (χ3v) is 5.28. The summed E-state index contributed by atoms with van der Waals surface area (Å²) in [6.45, 7) is 6.71. The highest BCUT2D eigenvalue weighted by molar-refractivity contribution is 5.95. The van der Waals surface area contributed by atoms with Crippen molar-refractivity contribution < 1.29 is 9.47 Å². The summed E-state index contributed by atoms with van der Waals surface area (Å²) in [5, 5.41) is 5.59. The zero-order valence-corrected chi connectivity index (χ0v) is 18.0. The van der Waals surface area contributed by atoms with E-state index in [1.165, 1.54) is 0 Å². The highest BCUT2D eigenvalue weighted by Crippen LogP contribution is 2.40. The standard InChI is InChI=1S/C23H27N5O2/c1-15-7-6-8-18(25-15)14-24-23(3)21(22-26-16(2)11-12-28(22)27-23)17-9-10-19(29-4)20(13-17)30-5/h6-13,24,27H,14H2,1-5H3. The average Bonchev–Trinajstić information content (AvgIpc) is 3.03. The van der Waals surface area contributed by atoms with E-state index in [0.717, 1.165) is 34.1 Å². The maximum absolute atomic E-state index is 5.54. The molecule has 7 nitrogen and oxygen atoms in total. The summed E-state index contributed by atoms with van der Waals surface area (Å²) >= 11 is 0. The number of ether oxygens (including phenoxy) is 2. The third kappa shape index (κ3) is 3.69. The van der Waals surface area contributed by atoms with E-state index in [4.69, 9.17) is 14.5 Å². The fourth-order valence-electron chi connectivity index (χ4n) is 3.80. The van der Waals surface area contributed by atoms with E-state index < -0.39 is 5.66 Å². The SMILES string of the molecule is COc1ccc(C2=C3N=C(C)C=CN3NC2(C)NCc2cccc(C)n2)cc1OC. The number of fused-ring (bicyclic) bond motifs is 1. The molecule has 4 rings (SSSR count). The Morgan fingerprint density at radius 3 is 2.63 bits per heavy atom. The number of hydrogen-bond donors (Lipinski definition) is 2. The molecule has 1 aromatic heterocycles. The van der Waals surface area contributed by atoms with Gasteiger partial charge in [-0.3, -0.25) is 15.3 Å². The number of aromatic nitrogens is 1. The van der Waals surface area contributed by atoms with Crippen LogP contribution in [-0.2, 0) is 6.54 Å². The van der Waals surface area contributed by atoms with Crippen molar-refractivity contribution >= 4 is 11.3 Å². The minimum absolute atomic E-state index is 0.571. The highest BCUT2D eigenvalue weighted by Gasteiger charge is 2.42. The van der Waals surface area contributed by atoms with Crippen LogP contribution in [0.3, 0.4) is 0 Å². The van der Waals surface area contributed by atoms with E-state index in [0.29, 0.717) is 18.0 Å². The summed E-state index contributed by atoms with van der Waals surface area (Å²) in [5.41, 5.74) is 7.93. The van der Waals surface area contributed by atoms with Crippen molar-refractivity contribution in [3.63, 3.8) is 0 Å². The fraction of sp³-hybridized carbons (Fsp3) is 0.304. The smallest absolute Gasteiger partial charge is 0.161 e. The lowest BCUT2D eigenvalue weighted by Crippen LogP contribution is -2.54. The monoisotopic (exact) mass is 405 g/mol. The molecule has 0 saturated carbocycles. The molecule has 2 aliphatic heterocycles. The van der Waals surface area contributed by atoms with Crippen LogP contribution in [0.4, 0.5) is 0 Å². The molecule has 0 bridgehead atoms. The molecule has 0 saturated heterocycles. The van der Waals surface area contributed by atoms with Gasteiger partial charge in [-0.15, -0.1) is 0 Å². The number of aliphatic imine (C=N–C) groups is 1. The van der Waals surface area contributed by atoms with Gasteiger partial charge in [0.25, 0.3) is 0 Å². The molecule has 3 heterocycles. The molecule has 0 radical (unpaired) electrons. The maximum atomic E-state index is 5.54. The summed E-state index contributed by atoms with van der Waals surface area (Å²) in [5.74, 6) is 2.22.